The summed E-state index contributed by atoms with van der Waals surface area (Å²) in [6.07, 6.45) is 2.46. The SMILES string of the molecule is c1ccc2[nH]c(NC3=NCC4(CN5CCC4CC5)O3)nc2c1. The number of benzene rings is 1. The number of anilines is 1. The lowest BCUT2D eigenvalue weighted by molar-refractivity contribution is -0.0829. The van der Waals surface area contributed by atoms with Gasteiger partial charge in [0.1, 0.15) is 5.60 Å². The maximum Gasteiger partial charge on any atom is 0.292 e. The first-order valence-electron chi connectivity index (χ1n) is 7.98. The molecule has 4 aliphatic rings. The predicted molar refractivity (Wildman–Crippen MR) is 85.0 cm³/mol. The van der Waals surface area contributed by atoms with Crippen molar-refractivity contribution in [2.24, 2.45) is 10.9 Å². The number of fused-ring (bicyclic) bond motifs is 3. The Labute approximate surface area is 128 Å². The fourth-order valence-electron chi connectivity index (χ4n) is 4.06. The van der Waals surface area contributed by atoms with E-state index in [-0.39, 0.29) is 5.60 Å². The van der Waals surface area contributed by atoms with Crippen LogP contribution >= 0.6 is 0 Å². The molecular formula is C16H19N5O. The van der Waals surface area contributed by atoms with E-state index in [0.29, 0.717) is 17.9 Å². The number of para-hydroxylation sites is 2. The molecule has 0 aliphatic carbocycles. The monoisotopic (exact) mass is 297 g/mol. The predicted octanol–water partition coefficient (Wildman–Crippen LogP) is 1.83. The third-order valence-corrected chi connectivity index (χ3v) is 5.23. The number of nitrogens with zero attached hydrogens (tertiary/aromatic N) is 3. The highest BCUT2D eigenvalue weighted by Gasteiger charge is 2.51. The molecule has 2 N–H and O–H groups in total. The Morgan fingerprint density at radius 2 is 2.14 bits per heavy atom. The highest BCUT2D eigenvalue weighted by molar-refractivity contribution is 5.90. The van der Waals surface area contributed by atoms with Crippen LogP contribution in [0.3, 0.4) is 0 Å². The molecule has 0 saturated carbocycles. The molecule has 0 radical (unpaired) electrons. The van der Waals surface area contributed by atoms with Gasteiger partial charge in [-0.15, -0.1) is 0 Å². The smallest absolute Gasteiger partial charge is 0.292 e. The maximum atomic E-state index is 6.26. The van der Waals surface area contributed by atoms with Crippen LogP contribution in [0, 0.1) is 5.92 Å². The van der Waals surface area contributed by atoms with Gasteiger partial charge in [-0.3, -0.25) is 10.2 Å². The van der Waals surface area contributed by atoms with Crippen molar-refractivity contribution in [3.05, 3.63) is 24.3 Å². The summed E-state index contributed by atoms with van der Waals surface area (Å²) in [6.45, 7) is 4.19. The van der Waals surface area contributed by atoms with Gasteiger partial charge < -0.3 is 9.72 Å². The Hall–Kier alpha value is -2.08. The zero-order valence-corrected chi connectivity index (χ0v) is 12.4. The van der Waals surface area contributed by atoms with Crippen molar-refractivity contribution in [2.75, 3.05) is 31.5 Å². The number of imidazole rings is 1. The standard InChI is InChI=1S/C16H19N5O/c1-2-4-13-12(3-1)18-14(19-13)20-15-17-9-16(22-15)10-21-7-5-11(16)6-8-21/h1-4,11H,5-10H2,(H2,17,18,19,20). The summed E-state index contributed by atoms with van der Waals surface area (Å²) in [7, 11) is 0. The molecule has 6 nitrogen and oxygen atoms in total. The van der Waals surface area contributed by atoms with E-state index in [2.05, 4.69) is 25.2 Å². The van der Waals surface area contributed by atoms with Gasteiger partial charge in [0.25, 0.3) is 6.02 Å². The summed E-state index contributed by atoms with van der Waals surface area (Å²) in [5.41, 5.74) is 1.85. The van der Waals surface area contributed by atoms with E-state index >= 15 is 0 Å². The van der Waals surface area contributed by atoms with Crippen molar-refractivity contribution >= 4 is 23.0 Å². The van der Waals surface area contributed by atoms with Gasteiger partial charge in [-0.25, -0.2) is 9.98 Å². The van der Waals surface area contributed by atoms with E-state index < -0.39 is 0 Å². The number of piperidine rings is 3. The van der Waals surface area contributed by atoms with Crippen LogP contribution in [0.2, 0.25) is 0 Å². The first kappa shape index (κ1) is 12.5. The van der Waals surface area contributed by atoms with Gasteiger partial charge in [-0.05, 0) is 38.1 Å². The Morgan fingerprint density at radius 3 is 2.91 bits per heavy atom. The summed E-state index contributed by atoms with van der Waals surface area (Å²) in [5, 5.41) is 3.20. The van der Waals surface area contributed by atoms with Crippen molar-refractivity contribution in [2.45, 2.75) is 18.4 Å². The average Bonchev–Trinajstić information content (AvgIpc) is 3.12. The average molecular weight is 297 g/mol. The summed E-state index contributed by atoms with van der Waals surface area (Å²) in [4.78, 5) is 14.9. The number of aromatic amines is 1. The van der Waals surface area contributed by atoms with Gasteiger partial charge in [-0.2, -0.15) is 0 Å². The minimum absolute atomic E-state index is 0.106. The number of H-pyrrole nitrogens is 1. The molecule has 0 amide bonds. The Bertz CT molecular complexity index is 713. The maximum absolute atomic E-state index is 6.26. The molecule has 6 rings (SSSR count). The van der Waals surface area contributed by atoms with Crippen molar-refractivity contribution in [3.63, 3.8) is 0 Å². The largest absolute Gasteiger partial charge is 0.455 e. The molecular weight excluding hydrogens is 278 g/mol. The fourth-order valence-corrected chi connectivity index (χ4v) is 4.06. The van der Waals surface area contributed by atoms with Crippen LogP contribution in [-0.2, 0) is 4.74 Å². The molecule has 2 bridgehead atoms. The number of hydrogen-bond donors (Lipinski definition) is 2. The van der Waals surface area contributed by atoms with Crippen LogP contribution in [-0.4, -0.2) is 52.7 Å². The zero-order chi connectivity index (χ0) is 14.6. The lowest BCUT2D eigenvalue weighted by Gasteiger charge is -2.50. The van der Waals surface area contributed by atoms with Crippen molar-refractivity contribution in [3.8, 4) is 0 Å². The molecule has 22 heavy (non-hydrogen) atoms. The minimum Gasteiger partial charge on any atom is -0.455 e. The third-order valence-electron chi connectivity index (χ3n) is 5.23. The molecule has 3 saturated heterocycles. The van der Waals surface area contributed by atoms with Gasteiger partial charge in [0, 0.05) is 12.5 Å². The molecule has 1 aromatic carbocycles. The normalized spacial score (nSPS) is 33.2. The van der Waals surface area contributed by atoms with Gasteiger partial charge in [-0.1, -0.05) is 12.1 Å². The molecule has 4 aliphatic heterocycles. The van der Waals surface area contributed by atoms with Crippen LogP contribution in [0.25, 0.3) is 11.0 Å². The first-order chi connectivity index (χ1) is 10.8. The van der Waals surface area contributed by atoms with E-state index in [1.165, 1.54) is 25.9 Å². The molecule has 5 heterocycles. The lowest BCUT2D eigenvalue weighted by Crippen LogP contribution is -2.61. The van der Waals surface area contributed by atoms with Crippen molar-refractivity contribution in [1.82, 2.24) is 14.9 Å². The van der Waals surface area contributed by atoms with Gasteiger partial charge >= 0.3 is 0 Å². The van der Waals surface area contributed by atoms with E-state index in [1.54, 1.807) is 0 Å². The van der Waals surface area contributed by atoms with Crippen LogP contribution in [0.1, 0.15) is 12.8 Å². The number of nitrogens with one attached hydrogen (secondary N) is 2. The Morgan fingerprint density at radius 1 is 1.27 bits per heavy atom. The van der Waals surface area contributed by atoms with Crippen molar-refractivity contribution in [1.29, 1.82) is 0 Å². The molecule has 1 unspecified atom stereocenters. The number of aliphatic imine (C=N–C) groups is 1. The van der Waals surface area contributed by atoms with Crippen LogP contribution in [0.5, 0.6) is 0 Å². The Kier molecular flexibility index (Phi) is 2.52. The molecule has 1 spiro atoms. The molecule has 2 aromatic rings. The van der Waals surface area contributed by atoms with Crippen LogP contribution in [0.15, 0.2) is 29.3 Å². The van der Waals surface area contributed by atoms with Gasteiger partial charge in [0.15, 0.2) is 0 Å². The Balaban J connectivity index is 1.35. The number of aromatic nitrogens is 2. The summed E-state index contributed by atoms with van der Waals surface area (Å²) >= 11 is 0. The highest BCUT2D eigenvalue weighted by atomic mass is 16.5. The molecule has 3 fully saturated rings. The second-order valence-electron chi connectivity index (χ2n) is 6.57. The highest BCUT2D eigenvalue weighted by Crippen LogP contribution is 2.40. The van der Waals surface area contributed by atoms with Gasteiger partial charge in [0.2, 0.25) is 5.95 Å². The van der Waals surface area contributed by atoms with E-state index in [9.17, 15) is 0 Å². The molecule has 1 atom stereocenters. The molecule has 114 valence electrons. The number of rotatable bonds is 1. The van der Waals surface area contributed by atoms with Crippen LogP contribution in [0.4, 0.5) is 5.95 Å². The quantitative estimate of drug-likeness (QED) is 0.843. The summed E-state index contributed by atoms with van der Waals surface area (Å²) < 4.78 is 6.26. The van der Waals surface area contributed by atoms with Crippen LogP contribution < -0.4 is 5.32 Å². The number of hydrogen-bond acceptors (Lipinski definition) is 5. The van der Waals surface area contributed by atoms with E-state index in [1.807, 2.05) is 24.3 Å². The fraction of sp³-hybridized carbons (Fsp3) is 0.500. The number of amidine groups is 1. The molecule has 6 heteroatoms. The van der Waals surface area contributed by atoms with Gasteiger partial charge in [0.05, 0.1) is 17.6 Å². The lowest BCUT2D eigenvalue weighted by atomic mass is 9.75. The minimum atomic E-state index is -0.106. The van der Waals surface area contributed by atoms with E-state index in [4.69, 9.17) is 4.74 Å². The first-order valence-corrected chi connectivity index (χ1v) is 7.98. The summed E-state index contributed by atoms with van der Waals surface area (Å²) in [6, 6.07) is 8.59. The second kappa shape index (κ2) is 4.46. The third kappa shape index (κ3) is 1.83. The summed E-state index contributed by atoms with van der Waals surface area (Å²) in [5.74, 6) is 1.33. The molecule has 1 aromatic heterocycles. The van der Waals surface area contributed by atoms with Crippen molar-refractivity contribution < 1.29 is 4.74 Å². The topological polar surface area (TPSA) is 65.5 Å². The van der Waals surface area contributed by atoms with E-state index in [0.717, 1.165) is 24.1 Å². The second-order valence-corrected chi connectivity index (χ2v) is 6.57. The number of ether oxygens (including phenoxy) is 1. The zero-order valence-electron chi connectivity index (χ0n) is 12.4.